The molecule has 4 rings (SSSR count). The number of benzene rings is 1. The van der Waals surface area contributed by atoms with Gasteiger partial charge in [0.15, 0.2) is 0 Å². The molecule has 0 unspecified atom stereocenters. The zero-order valence-electron chi connectivity index (χ0n) is 23.5. The summed E-state index contributed by atoms with van der Waals surface area (Å²) in [6.45, 7) is 8.02. The third-order valence-corrected chi connectivity index (χ3v) is 8.01. The maximum atomic E-state index is 14.0. The van der Waals surface area contributed by atoms with Crippen molar-refractivity contribution in [2.75, 3.05) is 46.5 Å². The first-order valence-electron chi connectivity index (χ1n) is 14.0. The highest BCUT2D eigenvalue weighted by atomic mass is 16.5. The molecule has 10 nitrogen and oxygen atoms in total. The zero-order chi connectivity index (χ0) is 28.2. The normalized spacial score (nSPS) is 21.4. The molecule has 1 aromatic carbocycles. The van der Waals surface area contributed by atoms with Gasteiger partial charge in [0.25, 0.3) is 5.91 Å². The number of carbonyl (C=O) groups is 4. The van der Waals surface area contributed by atoms with Crippen molar-refractivity contribution < 1.29 is 33.4 Å². The fourth-order valence-corrected chi connectivity index (χ4v) is 5.82. The second-order valence-corrected chi connectivity index (χ2v) is 11.0. The number of hydrogen-bond donors (Lipinski definition) is 0. The highest BCUT2D eigenvalue weighted by Crippen LogP contribution is 2.39. The quantitative estimate of drug-likeness (QED) is 0.487. The molecule has 3 amide bonds. The lowest BCUT2D eigenvalue weighted by Crippen LogP contribution is -2.60. The maximum absolute atomic E-state index is 14.0. The van der Waals surface area contributed by atoms with Gasteiger partial charge in [-0.25, -0.2) is 0 Å². The molecule has 1 aromatic rings. The lowest BCUT2D eigenvalue weighted by atomic mass is 9.94. The van der Waals surface area contributed by atoms with Gasteiger partial charge in [-0.3, -0.25) is 24.1 Å². The molecule has 0 N–H and O–H groups in total. The third-order valence-electron chi connectivity index (χ3n) is 8.01. The topological polar surface area (TPSA) is 106 Å². The van der Waals surface area contributed by atoms with E-state index in [1.807, 2.05) is 18.7 Å². The molecule has 0 saturated carbocycles. The number of likely N-dealkylation sites (tertiary alicyclic amines) is 2. The molecule has 3 aliphatic rings. The minimum absolute atomic E-state index is 0.0957. The summed E-state index contributed by atoms with van der Waals surface area (Å²) in [5.74, 6) is 0.106. The second kappa shape index (κ2) is 12.4. The molecule has 0 aromatic heterocycles. The Morgan fingerprint density at radius 2 is 1.64 bits per heavy atom. The average molecular weight is 544 g/mol. The number of rotatable bonds is 7. The first-order chi connectivity index (χ1) is 18.7. The Bertz CT molecular complexity index is 1040. The number of hydrogen-bond acceptors (Lipinski definition) is 7. The van der Waals surface area contributed by atoms with Crippen LogP contribution in [0.15, 0.2) is 24.3 Å². The minimum Gasteiger partial charge on any atom is -0.497 e. The van der Waals surface area contributed by atoms with Crippen molar-refractivity contribution in [1.82, 2.24) is 14.7 Å². The Balaban J connectivity index is 1.53. The van der Waals surface area contributed by atoms with Crippen molar-refractivity contribution in [3.63, 3.8) is 0 Å². The van der Waals surface area contributed by atoms with Crippen molar-refractivity contribution in [1.29, 1.82) is 0 Å². The van der Waals surface area contributed by atoms with Crippen LogP contribution >= 0.6 is 0 Å². The molecule has 0 radical (unpaired) electrons. The van der Waals surface area contributed by atoms with Crippen LogP contribution in [0.3, 0.4) is 0 Å². The van der Waals surface area contributed by atoms with Crippen LogP contribution in [-0.2, 0) is 23.9 Å². The summed E-state index contributed by atoms with van der Waals surface area (Å²) < 4.78 is 16.7. The van der Waals surface area contributed by atoms with E-state index in [2.05, 4.69) is 0 Å². The molecule has 3 heterocycles. The standard InChI is InChI=1S/C29H41N3O7/c1-5-38-28(36)22-10-14-31(15-11-22)27(35)24-19-39-29(12-16-30(17-13-29)25(33)18-20(2)3)32(24)26(34)21-6-8-23(37-4)9-7-21/h6-9,20,22,24H,5,10-19H2,1-4H3/t24-/m1/s1. The van der Waals surface area contributed by atoms with Gasteiger partial charge in [-0.05, 0) is 49.9 Å². The fraction of sp³-hybridized carbons (Fsp3) is 0.655. The van der Waals surface area contributed by atoms with Crippen LogP contribution in [0.25, 0.3) is 0 Å². The van der Waals surface area contributed by atoms with Crippen LogP contribution in [0.2, 0.25) is 0 Å². The molecule has 1 spiro atoms. The molecule has 3 saturated heterocycles. The van der Waals surface area contributed by atoms with Crippen LogP contribution in [0, 0.1) is 11.8 Å². The monoisotopic (exact) mass is 543 g/mol. The molecular formula is C29H41N3O7. The van der Waals surface area contributed by atoms with E-state index in [9.17, 15) is 19.2 Å². The molecule has 0 bridgehead atoms. The molecule has 1 atom stereocenters. The Labute approximate surface area is 230 Å². The number of esters is 1. The summed E-state index contributed by atoms with van der Waals surface area (Å²) in [7, 11) is 1.56. The molecule has 39 heavy (non-hydrogen) atoms. The molecule has 0 aliphatic carbocycles. The third kappa shape index (κ3) is 6.21. The maximum Gasteiger partial charge on any atom is 0.309 e. The van der Waals surface area contributed by atoms with E-state index in [0.717, 1.165) is 0 Å². The Kier molecular flexibility index (Phi) is 9.15. The van der Waals surface area contributed by atoms with Gasteiger partial charge in [0.1, 0.15) is 17.5 Å². The second-order valence-electron chi connectivity index (χ2n) is 11.0. The van der Waals surface area contributed by atoms with Crippen LogP contribution < -0.4 is 4.74 Å². The molecule has 3 fully saturated rings. The summed E-state index contributed by atoms with van der Waals surface area (Å²) in [5, 5.41) is 0. The van der Waals surface area contributed by atoms with E-state index >= 15 is 0 Å². The van der Waals surface area contributed by atoms with E-state index in [0.29, 0.717) is 76.2 Å². The summed E-state index contributed by atoms with van der Waals surface area (Å²) in [6, 6.07) is 6.06. The lowest BCUT2D eigenvalue weighted by molar-refractivity contribution is -0.152. The Hall–Kier alpha value is -3.14. The predicted octanol–water partition coefficient (Wildman–Crippen LogP) is 2.70. The smallest absolute Gasteiger partial charge is 0.309 e. The minimum atomic E-state index is -0.963. The van der Waals surface area contributed by atoms with Crippen molar-refractivity contribution in [3.8, 4) is 5.75 Å². The van der Waals surface area contributed by atoms with Gasteiger partial charge in [0, 0.05) is 51.0 Å². The van der Waals surface area contributed by atoms with Crippen molar-refractivity contribution in [2.45, 2.75) is 64.6 Å². The van der Waals surface area contributed by atoms with Crippen LogP contribution in [-0.4, -0.2) is 96.7 Å². The van der Waals surface area contributed by atoms with E-state index in [-0.39, 0.29) is 42.1 Å². The number of carbonyl (C=O) groups excluding carboxylic acids is 4. The number of ether oxygens (including phenoxy) is 3. The zero-order valence-corrected chi connectivity index (χ0v) is 23.5. The molecule has 3 aliphatic heterocycles. The van der Waals surface area contributed by atoms with Crippen LogP contribution in [0.1, 0.15) is 63.2 Å². The molecular weight excluding hydrogens is 502 g/mol. The molecule has 10 heteroatoms. The summed E-state index contributed by atoms with van der Waals surface area (Å²) in [5.41, 5.74) is -0.521. The Morgan fingerprint density at radius 3 is 2.21 bits per heavy atom. The summed E-state index contributed by atoms with van der Waals surface area (Å²) in [6.07, 6.45) is 2.41. The van der Waals surface area contributed by atoms with Gasteiger partial charge in [-0.15, -0.1) is 0 Å². The number of methoxy groups -OCH3 is 1. The Morgan fingerprint density at radius 1 is 1.00 bits per heavy atom. The number of piperidine rings is 2. The molecule has 214 valence electrons. The lowest BCUT2D eigenvalue weighted by Gasteiger charge is -2.45. The van der Waals surface area contributed by atoms with Gasteiger partial charge >= 0.3 is 5.97 Å². The van der Waals surface area contributed by atoms with E-state index in [1.165, 1.54) is 0 Å². The van der Waals surface area contributed by atoms with E-state index < -0.39 is 11.8 Å². The van der Waals surface area contributed by atoms with Crippen LogP contribution in [0.5, 0.6) is 5.75 Å². The average Bonchev–Trinajstić information content (AvgIpc) is 3.30. The van der Waals surface area contributed by atoms with E-state index in [1.54, 1.807) is 48.1 Å². The van der Waals surface area contributed by atoms with Gasteiger partial charge in [0.05, 0.1) is 26.2 Å². The number of nitrogens with zero attached hydrogens (tertiary/aromatic N) is 3. The van der Waals surface area contributed by atoms with Crippen LogP contribution in [0.4, 0.5) is 0 Å². The largest absolute Gasteiger partial charge is 0.497 e. The fourth-order valence-electron chi connectivity index (χ4n) is 5.82. The number of amides is 3. The SMILES string of the molecule is CCOC(=O)C1CCN(C(=O)[C@H]2COC3(CCN(C(=O)CC(C)C)CC3)N2C(=O)c2ccc(OC)cc2)CC1. The first-order valence-corrected chi connectivity index (χ1v) is 14.0. The highest BCUT2D eigenvalue weighted by molar-refractivity contribution is 5.98. The van der Waals surface area contributed by atoms with Crippen molar-refractivity contribution in [3.05, 3.63) is 29.8 Å². The summed E-state index contributed by atoms with van der Waals surface area (Å²) >= 11 is 0. The predicted molar refractivity (Wildman–Crippen MR) is 143 cm³/mol. The van der Waals surface area contributed by atoms with Crippen molar-refractivity contribution >= 4 is 23.7 Å². The van der Waals surface area contributed by atoms with Gasteiger partial charge < -0.3 is 24.0 Å². The van der Waals surface area contributed by atoms with Gasteiger partial charge in [-0.2, -0.15) is 0 Å². The van der Waals surface area contributed by atoms with Gasteiger partial charge in [-0.1, -0.05) is 13.8 Å². The first kappa shape index (κ1) is 28.9. The highest BCUT2D eigenvalue weighted by Gasteiger charge is 2.55. The van der Waals surface area contributed by atoms with Gasteiger partial charge in [0.2, 0.25) is 11.8 Å². The van der Waals surface area contributed by atoms with Crippen molar-refractivity contribution in [2.24, 2.45) is 11.8 Å². The summed E-state index contributed by atoms with van der Waals surface area (Å²) in [4.78, 5) is 57.9. The van der Waals surface area contributed by atoms with E-state index in [4.69, 9.17) is 14.2 Å².